The van der Waals surface area contributed by atoms with Crippen LogP contribution >= 0.6 is 11.3 Å². The SMILES string of the molecule is CC1OC(C)C(C(=O)NC(C(=O)O)c2cccs2)C1C. The number of ether oxygens (including phenoxy) is 1. The van der Waals surface area contributed by atoms with E-state index in [0.717, 1.165) is 0 Å². The molecule has 110 valence electrons. The second kappa shape index (κ2) is 5.93. The first kappa shape index (κ1) is 15.0. The molecule has 1 amide bonds. The molecular formula is C14H19NO4S. The number of hydrogen-bond acceptors (Lipinski definition) is 4. The average molecular weight is 297 g/mol. The van der Waals surface area contributed by atoms with Crippen molar-refractivity contribution < 1.29 is 19.4 Å². The summed E-state index contributed by atoms with van der Waals surface area (Å²) < 4.78 is 5.63. The van der Waals surface area contributed by atoms with Crippen LogP contribution in [0.5, 0.6) is 0 Å². The number of nitrogens with one attached hydrogen (secondary N) is 1. The van der Waals surface area contributed by atoms with Crippen LogP contribution in [0.3, 0.4) is 0 Å². The summed E-state index contributed by atoms with van der Waals surface area (Å²) in [6, 6.07) is 2.50. The Morgan fingerprint density at radius 2 is 2.05 bits per heavy atom. The van der Waals surface area contributed by atoms with Gasteiger partial charge in [-0.2, -0.15) is 0 Å². The smallest absolute Gasteiger partial charge is 0.331 e. The van der Waals surface area contributed by atoms with Crippen molar-refractivity contribution in [1.29, 1.82) is 0 Å². The maximum Gasteiger partial charge on any atom is 0.331 e. The fraction of sp³-hybridized carbons (Fsp3) is 0.571. The molecule has 0 bridgehead atoms. The molecule has 1 fully saturated rings. The zero-order valence-corrected chi connectivity index (χ0v) is 12.5. The second-order valence-corrected chi connectivity index (χ2v) is 6.21. The van der Waals surface area contributed by atoms with Gasteiger partial charge >= 0.3 is 5.97 Å². The highest BCUT2D eigenvalue weighted by molar-refractivity contribution is 7.10. The molecule has 6 heteroatoms. The highest BCUT2D eigenvalue weighted by Crippen LogP contribution is 2.33. The molecule has 2 N–H and O–H groups in total. The van der Waals surface area contributed by atoms with Crippen LogP contribution in [0, 0.1) is 11.8 Å². The standard InChI is InChI=1S/C14H19NO4S/c1-7-8(2)19-9(3)11(7)13(16)15-12(14(17)18)10-5-4-6-20-10/h4-9,11-12H,1-3H3,(H,15,16)(H,17,18). The first-order valence-electron chi connectivity index (χ1n) is 6.64. The van der Waals surface area contributed by atoms with E-state index in [4.69, 9.17) is 4.74 Å². The molecule has 1 saturated heterocycles. The van der Waals surface area contributed by atoms with E-state index in [-0.39, 0.29) is 30.0 Å². The Labute approximate surface area is 121 Å². The first-order chi connectivity index (χ1) is 9.41. The van der Waals surface area contributed by atoms with Gasteiger partial charge in [-0.25, -0.2) is 4.79 Å². The summed E-state index contributed by atoms with van der Waals surface area (Å²) in [5, 5.41) is 13.7. The third kappa shape index (κ3) is 2.86. The van der Waals surface area contributed by atoms with Gasteiger partial charge in [0, 0.05) is 4.88 Å². The van der Waals surface area contributed by atoms with Gasteiger partial charge in [0.15, 0.2) is 6.04 Å². The van der Waals surface area contributed by atoms with Crippen LogP contribution in [0.25, 0.3) is 0 Å². The molecule has 0 aliphatic carbocycles. The van der Waals surface area contributed by atoms with Crippen molar-refractivity contribution in [3.8, 4) is 0 Å². The number of carbonyl (C=O) groups is 2. The number of amides is 1. The summed E-state index contributed by atoms with van der Waals surface area (Å²) >= 11 is 1.32. The lowest BCUT2D eigenvalue weighted by atomic mass is 9.88. The molecule has 2 rings (SSSR count). The third-order valence-corrected chi connectivity index (χ3v) is 4.84. The number of carbonyl (C=O) groups excluding carboxylic acids is 1. The molecule has 5 atom stereocenters. The number of aliphatic carboxylic acids is 1. The molecule has 1 aromatic heterocycles. The Kier molecular flexibility index (Phi) is 4.45. The first-order valence-corrected chi connectivity index (χ1v) is 7.51. The predicted molar refractivity (Wildman–Crippen MR) is 75.5 cm³/mol. The van der Waals surface area contributed by atoms with Crippen molar-refractivity contribution in [3.63, 3.8) is 0 Å². The summed E-state index contributed by atoms with van der Waals surface area (Å²) in [5.41, 5.74) is 0. The third-order valence-electron chi connectivity index (χ3n) is 3.91. The number of thiophene rings is 1. The summed E-state index contributed by atoms with van der Waals surface area (Å²) in [4.78, 5) is 24.3. The van der Waals surface area contributed by atoms with Gasteiger partial charge in [0.05, 0.1) is 18.1 Å². The number of rotatable bonds is 4. The quantitative estimate of drug-likeness (QED) is 0.892. The lowest BCUT2D eigenvalue weighted by Gasteiger charge is -2.21. The normalized spacial score (nSPS) is 30.9. The van der Waals surface area contributed by atoms with Crippen molar-refractivity contribution in [3.05, 3.63) is 22.4 Å². The Morgan fingerprint density at radius 1 is 1.35 bits per heavy atom. The minimum absolute atomic E-state index is 0.00534. The molecule has 1 aliphatic heterocycles. The van der Waals surface area contributed by atoms with E-state index in [1.54, 1.807) is 17.5 Å². The molecule has 0 saturated carbocycles. The fourth-order valence-corrected chi connectivity index (χ4v) is 3.43. The van der Waals surface area contributed by atoms with Gasteiger partial charge in [0.2, 0.25) is 5.91 Å². The van der Waals surface area contributed by atoms with E-state index in [0.29, 0.717) is 4.88 Å². The predicted octanol–water partition coefficient (Wildman–Crippen LogP) is 2.05. The van der Waals surface area contributed by atoms with E-state index in [9.17, 15) is 14.7 Å². The van der Waals surface area contributed by atoms with Crippen LogP contribution in [0.4, 0.5) is 0 Å². The Morgan fingerprint density at radius 3 is 2.50 bits per heavy atom. The van der Waals surface area contributed by atoms with Crippen LogP contribution < -0.4 is 5.32 Å². The molecule has 0 radical (unpaired) electrons. The Bertz CT molecular complexity index is 487. The van der Waals surface area contributed by atoms with Crippen LogP contribution in [0.1, 0.15) is 31.7 Å². The largest absolute Gasteiger partial charge is 0.479 e. The van der Waals surface area contributed by atoms with Gasteiger partial charge < -0.3 is 15.2 Å². The average Bonchev–Trinajstić information content (AvgIpc) is 2.96. The molecule has 1 aliphatic rings. The van der Waals surface area contributed by atoms with Gasteiger partial charge in [-0.05, 0) is 31.2 Å². The molecule has 5 unspecified atom stereocenters. The summed E-state index contributed by atoms with van der Waals surface area (Å²) in [6.07, 6.45) is -0.191. The van der Waals surface area contributed by atoms with E-state index in [2.05, 4.69) is 5.32 Å². The molecule has 0 spiro atoms. The lowest BCUT2D eigenvalue weighted by molar-refractivity contribution is -0.143. The molecule has 0 aromatic carbocycles. The topological polar surface area (TPSA) is 75.6 Å². The monoisotopic (exact) mass is 297 g/mol. The zero-order valence-electron chi connectivity index (χ0n) is 11.7. The molecule has 20 heavy (non-hydrogen) atoms. The van der Waals surface area contributed by atoms with Crippen LogP contribution in [0.15, 0.2) is 17.5 Å². The lowest BCUT2D eigenvalue weighted by Crippen LogP contribution is -2.41. The van der Waals surface area contributed by atoms with Gasteiger partial charge in [0.25, 0.3) is 0 Å². The van der Waals surface area contributed by atoms with Gasteiger partial charge in [0.1, 0.15) is 0 Å². The van der Waals surface area contributed by atoms with Crippen molar-refractivity contribution in [2.45, 2.75) is 39.0 Å². The van der Waals surface area contributed by atoms with Crippen molar-refractivity contribution >= 4 is 23.2 Å². The van der Waals surface area contributed by atoms with E-state index < -0.39 is 12.0 Å². The number of carboxylic acid groups (broad SMARTS) is 1. The second-order valence-electron chi connectivity index (χ2n) is 5.23. The highest BCUT2D eigenvalue weighted by atomic mass is 32.1. The van der Waals surface area contributed by atoms with E-state index in [1.165, 1.54) is 11.3 Å². The van der Waals surface area contributed by atoms with Crippen molar-refractivity contribution in [2.75, 3.05) is 0 Å². The maximum atomic E-state index is 12.4. The van der Waals surface area contributed by atoms with Crippen LogP contribution in [-0.2, 0) is 14.3 Å². The Balaban J connectivity index is 2.11. The summed E-state index contributed by atoms with van der Waals surface area (Å²) in [6.45, 7) is 5.74. The van der Waals surface area contributed by atoms with Crippen molar-refractivity contribution in [2.24, 2.45) is 11.8 Å². The number of hydrogen-bond donors (Lipinski definition) is 2. The zero-order chi connectivity index (χ0) is 14.9. The van der Waals surface area contributed by atoms with E-state index >= 15 is 0 Å². The number of carboxylic acids is 1. The minimum Gasteiger partial charge on any atom is -0.479 e. The molecule has 5 nitrogen and oxygen atoms in total. The summed E-state index contributed by atoms with van der Waals surface area (Å²) in [7, 11) is 0. The molecular weight excluding hydrogens is 278 g/mol. The summed E-state index contributed by atoms with van der Waals surface area (Å²) in [5.74, 6) is -1.54. The molecule has 2 heterocycles. The van der Waals surface area contributed by atoms with E-state index in [1.807, 2.05) is 20.8 Å². The Hall–Kier alpha value is -1.40. The fourth-order valence-electron chi connectivity index (χ4n) is 2.67. The van der Waals surface area contributed by atoms with Crippen LogP contribution in [0.2, 0.25) is 0 Å². The van der Waals surface area contributed by atoms with Crippen molar-refractivity contribution in [1.82, 2.24) is 5.32 Å². The van der Waals surface area contributed by atoms with Gasteiger partial charge in [-0.3, -0.25) is 4.79 Å². The van der Waals surface area contributed by atoms with Crippen LogP contribution in [-0.4, -0.2) is 29.2 Å². The minimum atomic E-state index is -1.05. The van der Waals surface area contributed by atoms with Gasteiger partial charge in [-0.15, -0.1) is 11.3 Å². The molecule has 1 aromatic rings. The highest BCUT2D eigenvalue weighted by Gasteiger charge is 2.42. The van der Waals surface area contributed by atoms with Gasteiger partial charge in [-0.1, -0.05) is 13.0 Å². The maximum absolute atomic E-state index is 12.4.